The zero-order valence-corrected chi connectivity index (χ0v) is 17.0. The molecule has 0 aliphatic carbocycles. The molecule has 0 atom stereocenters. The van der Waals surface area contributed by atoms with Gasteiger partial charge in [0, 0.05) is 0 Å². The summed E-state index contributed by atoms with van der Waals surface area (Å²) in [5.74, 6) is 0. The van der Waals surface area contributed by atoms with E-state index in [4.69, 9.17) is 0 Å². The molecule has 138 valence electrons. The second-order valence-electron chi connectivity index (χ2n) is 7.55. The van der Waals surface area contributed by atoms with Crippen LogP contribution < -0.4 is 0 Å². The molecule has 1 heteroatoms. The second kappa shape index (κ2) is 14.3. The summed E-state index contributed by atoms with van der Waals surface area (Å²) < 4.78 is 0. The molecule has 1 nitrogen and oxygen atoms in total. The maximum absolute atomic E-state index is 10.1. The molecule has 0 amide bonds. The molecule has 0 saturated carbocycles. The van der Waals surface area contributed by atoms with Gasteiger partial charge in [0.15, 0.2) is 0 Å². The first-order valence-electron chi connectivity index (χ1n) is 9.57. The van der Waals surface area contributed by atoms with E-state index in [-0.39, 0.29) is 6.10 Å². The maximum Gasteiger partial charge on any atom is 0.0546 e. The maximum atomic E-state index is 10.1. The highest BCUT2D eigenvalue weighted by molar-refractivity contribution is 5.03. The van der Waals surface area contributed by atoms with Gasteiger partial charge >= 0.3 is 0 Å². The van der Waals surface area contributed by atoms with Crippen molar-refractivity contribution in [2.75, 3.05) is 0 Å². The number of allylic oxidation sites excluding steroid dienone is 8. The van der Waals surface area contributed by atoms with E-state index in [1.54, 1.807) is 0 Å². The van der Waals surface area contributed by atoms with E-state index in [9.17, 15) is 5.11 Å². The monoisotopic (exact) mass is 332 g/mol. The summed E-state index contributed by atoms with van der Waals surface area (Å²) in [4.78, 5) is 0. The Morgan fingerprint density at radius 3 is 1.33 bits per heavy atom. The van der Waals surface area contributed by atoms with Gasteiger partial charge in [-0.05, 0) is 92.9 Å². The molecule has 0 heterocycles. The fourth-order valence-electron chi connectivity index (χ4n) is 2.57. The summed E-state index contributed by atoms with van der Waals surface area (Å²) >= 11 is 0. The average molecular weight is 333 g/mol. The summed E-state index contributed by atoms with van der Waals surface area (Å²) in [5.41, 5.74) is 5.66. The van der Waals surface area contributed by atoms with Crippen LogP contribution in [-0.4, -0.2) is 11.2 Å². The average Bonchev–Trinajstić information content (AvgIpc) is 2.46. The second-order valence-corrected chi connectivity index (χ2v) is 7.55. The Morgan fingerprint density at radius 1 is 0.625 bits per heavy atom. The minimum atomic E-state index is -0.173. The Kier molecular flexibility index (Phi) is 13.6. The molecular formula is C23H40O. The highest BCUT2D eigenvalue weighted by Crippen LogP contribution is 2.13. The van der Waals surface area contributed by atoms with E-state index in [1.165, 1.54) is 22.3 Å². The standard InChI is InChI=1S/C23H40O/c1-19(2)11-7-13-21(5)15-9-17-23(24)18-10-16-22(6)14-8-12-20(3)4/h11-12,15-16,23-24H,7-10,13-14,17-18H2,1-6H3. The Morgan fingerprint density at radius 2 is 1.00 bits per heavy atom. The molecule has 0 bridgehead atoms. The van der Waals surface area contributed by atoms with Crippen LogP contribution in [0.4, 0.5) is 0 Å². The summed E-state index contributed by atoms with van der Waals surface area (Å²) in [6.07, 6.45) is 17.3. The lowest BCUT2D eigenvalue weighted by Crippen LogP contribution is -2.04. The number of hydrogen-bond acceptors (Lipinski definition) is 1. The van der Waals surface area contributed by atoms with Gasteiger partial charge in [-0.2, -0.15) is 0 Å². The van der Waals surface area contributed by atoms with Crippen LogP contribution in [0.15, 0.2) is 46.6 Å². The molecule has 0 aromatic rings. The zero-order valence-electron chi connectivity index (χ0n) is 17.0. The van der Waals surface area contributed by atoms with Gasteiger partial charge in [-0.3, -0.25) is 0 Å². The molecule has 0 aromatic carbocycles. The van der Waals surface area contributed by atoms with Crippen LogP contribution in [0.3, 0.4) is 0 Å². The van der Waals surface area contributed by atoms with E-state index < -0.39 is 0 Å². The predicted molar refractivity (Wildman–Crippen MR) is 109 cm³/mol. The van der Waals surface area contributed by atoms with Crippen LogP contribution in [0, 0.1) is 0 Å². The normalized spacial score (nSPS) is 13.6. The molecule has 1 N–H and O–H groups in total. The molecule has 0 spiro atoms. The minimum absolute atomic E-state index is 0.173. The van der Waals surface area contributed by atoms with Crippen molar-refractivity contribution in [3.8, 4) is 0 Å². The van der Waals surface area contributed by atoms with Crippen LogP contribution in [0.1, 0.15) is 92.9 Å². The Bertz CT molecular complexity index is 399. The first-order valence-corrected chi connectivity index (χ1v) is 9.57. The molecule has 0 fully saturated rings. The third-order valence-electron chi connectivity index (χ3n) is 4.17. The van der Waals surface area contributed by atoms with Crippen molar-refractivity contribution in [2.24, 2.45) is 0 Å². The fourth-order valence-corrected chi connectivity index (χ4v) is 2.57. The Balaban J connectivity index is 3.87. The zero-order chi connectivity index (χ0) is 18.4. The fraction of sp³-hybridized carbons (Fsp3) is 0.652. The first-order chi connectivity index (χ1) is 11.3. The Labute approximate surface area is 151 Å². The lowest BCUT2D eigenvalue weighted by molar-refractivity contribution is 0.157. The third-order valence-corrected chi connectivity index (χ3v) is 4.17. The summed E-state index contributed by atoms with van der Waals surface area (Å²) in [6, 6.07) is 0. The van der Waals surface area contributed by atoms with Gasteiger partial charge in [-0.15, -0.1) is 0 Å². The predicted octanol–water partition coefficient (Wildman–Crippen LogP) is 7.29. The van der Waals surface area contributed by atoms with Crippen LogP contribution >= 0.6 is 0 Å². The molecule has 24 heavy (non-hydrogen) atoms. The van der Waals surface area contributed by atoms with Crippen molar-refractivity contribution in [3.63, 3.8) is 0 Å². The molecule has 0 rings (SSSR count). The third kappa shape index (κ3) is 15.8. The van der Waals surface area contributed by atoms with Crippen molar-refractivity contribution in [3.05, 3.63) is 46.6 Å². The van der Waals surface area contributed by atoms with Crippen LogP contribution in [-0.2, 0) is 0 Å². The summed E-state index contributed by atoms with van der Waals surface area (Å²) in [6.45, 7) is 13.0. The topological polar surface area (TPSA) is 20.2 Å². The van der Waals surface area contributed by atoms with Crippen molar-refractivity contribution < 1.29 is 5.11 Å². The highest BCUT2D eigenvalue weighted by Gasteiger charge is 2.02. The minimum Gasteiger partial charge on any atom is -0.393 e. The van der Waals surface area contributed by atoms with Crippen LogP contribution in [0.5, 0.6) is 0 Å². The van der Waals surface area contributed by atoms with E-state index in [0.717, 1.165) is 51.4 Å². The number of aliphatic hydroxyl groups is 1. The summed E-state index contributed by atoms with van der Waals surface area (Å²) in [7, 11) is 0. The highest BCUT2D eigenvalue weighted by atomic mass is 16.3. The molecule has 0 radical (unpaired) electrons. The van der Waals surface area contributed by atoms with Crippen LogP contribution in [0.25, 0.3) is 0 Å². The van der Waals surface area contributed by atoms with Crippen molar-refractivity contribution in [1.29, 1.82) is 0 Å². The van der Waals surface area contributed by atoms with Gasteiger partial charge in [-0.1, -0.05) is 46.6 Å². The molecule has 0 aliphatic rings. The molecule has 0 aromatic heterocycles. The largest absolute Gasteiger partial charge is 0.393 e. The molecule has 0 aliphatic heterocycles. The van der Waals surface area contributed by atoms with Crippen molar-refractivity contribution in [2.45, 2.75) is 99.0 Å². The quantitative estimate of drug-likeness (QED) is 0.372. The first kappa shape index (κ1) is 22.9. The SMILES string of the molecule is CC(C)=CCCC(C)=CCCC(O)CCC=C(C)CCC=C(C)C. The van der Waals surface area contributed by atoms with Crippen LogP contribution in [0.2, 0.25) is 0 Å². The van der Waals surface area contributed by atoms with Gasteiger partial charge in [0.2, 0.25) is 0 Å². The number of aliphatic hydroxyl groups excluding tert-OH is 1. The van der Waals surface area contributed by atoms with Gasteiger partial charge in [0.25, 0.3) is 0 Å². The van der Waals surface area contributed by atoms with Crippen molar-refractivity contribution in [1.82, 2.24) is 0 Å². The van der Waals surface area contributed by atoms with E-state index in [0.29, 0.717) is 0 Å². The lowest BCUT2D eigenvalue weighted by atomic mass is 10.0. The lowest BCUT2D eigenvalue weighted by Gasteiger charge is -2.08. The van der Waals surface area contributed by atoms with E-state index in [1.807, 2.05) is 0 Å². The van der Waals surface area contributed by atoms with Gasteiger partial charge < -0.3 is 5.11 Å². The van der Waals surface area contributed by atoms with Gasteiger partial charge in [0.05, 0.1) is 6.10 Å². The number of hydrogen-bond donors (Lipinski definition) is 1. The summed E-state index contributed by atoms with van der Waals surface area (Å²) in [5, 5.41) is 10.1. The van der Waals surface area contributed by atoms with Gasteiger partial charge in [-0.25, -0.2) is 0 Å². The number of rotatable bonds is 12. The van der Waals surface area contributed by atoms with E-state index >= 15 is 0 Å². The van der Waals surface area contributed by atoms with Gasteiger partial charge in [0.1, 0.15) is 0 Å². The molecular weight excluding hydrogens is 292 g/mol. The molecule has 0 unspecified atom stereocenters. The smallest absolute Gasteiger partial charge is 0.0546 e. The van der Waals surface area contributed by atoms with E-state index in [2.05, 4.69) is 65.8 Å². The van der Waals surface area contributed by atoms with Crippen molar-refractivity contribution >= 4 is 0 Å². The molecule has 0 saturated heterocycles. The Hall–Kier alpha value is -1.08.